The first-order valence-electron chi connectivity index (χ1n) is 8.52. The Morgan fingerprint density at radius 3 is 2.27 bits per heavy atom. The van der Waals surface area contributed by atoms with Crippen LogP contribution in [0.4, 0.5) is 0 Å². The van der Waals surface area contributed by atoms with E-state index >= 15 is 0 Å². The van der Waals surface area contributed by atoms with Gasteiger partial charge in [-0.1, -0.05) is 36.4 Å². The molecule has 6 aromatic rings. The van der Waals surface area contributed by atoms with Gasteiger partial charge in [-0.2, -0.15) is 0 Å². The number of nitrogens with zero attached hydrogens (tertiary/aromatic N) is 3. The summed E-state index contributed by atoms with van der Waals surface area (Å²) in [4.78, 5) is 8.96. The molecule has 0 aliphatic rings. The van der Waals surface area contributed by atoms with Gasteiger partial charge in [-0.15, -0.1) is 0 Å². The molecular weight excluding hydrogens is 322 g/mol. The fourth-order valence-corrected chi connectivity index (χ4v) is 3.90. The van der Waals surface area contributed by atoms with Crippen molar-refractivity contribution in [3.8, 4) is 5.95 Å². The standard InChI is InChI=1S/C22H13N3O/c1-3-8-16-14(6-1)20-17(25(16)22-23-12-5-13-24-22)10-11-19-21(20)15-7-2-4-9-18(15)26-19/h1-13H. The van der Waals surface area contributed by atoms with Crippen LogP contribution >= 0.6 is 0 Å². The fraction of sp³-hybridized carbons (Fsp3) is 0. The summed E-state index contributed by atoms with van der Waals surface area (Å²) in [6.07, 6.45) is 3.55. The average molecular weight is 335 g/mol. The maximum absolute atomic E-state index is 6.08. The first-order chi connectivity index (χ1) is 12.9. The Balaban J connectivity index is 1.92. The van der Waals surface area contributed by atoms with E-state index in [-0.39, 0.29) is 0 Å². The van der Waals surface area contributed by atoms with Gasteiger partial charge in [-0.3, -0.25) is 4.57 Å². The summed E-state index contributed by atoms with van der Waals surface area (Å²) >= 11 is 0. The van der Waals surface area contributed by atoms with Crippen LogP contribution in [0.25, 0.3) is 49.7 Å². The molecule has 3 aromatic carbocycles. The number of aromatic nitrogens is 3. The second-order valence-corrected chi connectivity index (χ2v) is 6.33. The molecule has 0 unspecified atom stereocenters. The maximum atomic E-state index is 6.08. The van der Waals surface area contributed by atoms with Crippen molar-refractivity contribution in [1.29, 1.82) is 0 Å². The minimum Gasteiger partial charge on any atom is -0.456 e. The van der Waals surface area contributed by atoms with E-state index < -0.39 is 0 Å². The van der Waals surface area contributed by atoms with Gasteiger partial charge in [0, 0.05) is 33.9 Å². The van der Waals surface area contributed by atoms with Gasteiger partial charge in [0.05, 0.1) is 11.0 Å². The van der Waals surface area contributed by atoms with Gasteiger partial charge in [0.15, 0.2) is 0 Å². The molecule has 0 saturated heterocycles. The first kappa shape index (κ1) is 13.6. The molecule has 4 heteroatoms. The molecule has 0 fully saturated rings. The number of hydrogen-bond acceptors (Lipinski definition) is 3. The lowest BCUT2D eigenvalue weighted by molar-refractivity contribution is 0.669. The third kappa shape index (κ3) is 1.68. The van der Waals surface area contributed by atoms with Crippen molar-refractivity contribution < 1.29 is 4.42 Å². The molecule has 122 valence electrons. The number of para-hydroxylation sites is 2. The Morgan fingerprint density at radius 1 is 0.615 bits per heavy atom. The number of fused-ring (bicyclic) bond motifs is 7. The Labute approximate surface area is 148 Å². The third-order valence-corrected chi connectivity index (χ3v) is 4.93. The predicted octanol–water partition coefficient (Wildman–Crippen LogP) is 5.47. The fourth-order valence-electron chi connectivity index (χ4n) is 3.90. The van der Waals surface area contributed by atoms with E-state index in [1.807, 2.05) is 30.3 Å². The highest BCUT2D eigenvalue weighted by atomic mass is 16.3. The van der Waals surface area contributed by atoms with Crippen LogP contribution in [-0.4, -0.2) is 14.5 Å². The SMILES string of the molecule is c1cnc(-n2c3ccccc3c3c4c(ccc32)oc2ccccc24)nc1. The van der Waals surface area contributed by atoms with Crippen molar-refractivity contribution in [2.75, 3.05) is 0 Å². The van der Waals surface area contributed by atoms with Crippen LogP contribution in [0, 0.1) is 0 Å². The van der Waals surface area contributed by atoms with Crippen LogP contribution in [0.3, 0.4) is 0 Å². The zero-order chi connectivity index (χ0) is 17.1. The molecule has 26 heavy (non-hydrogen) atoms. The number of furan rings is 1. The van der Waals surface area contributed by atoms with Crippen LogP contribution in [0.15, 0.2) is 83.5 Å². The van der Waals surface area contributed by atoms with E-state index in [9.17, 15) is 0 Å². The van der Waals surface area contributed by atoms with Gasteiger partial charge in [-0.05, 0) is 30.3 Å². The topological polar surface area (TPSA) is 43.9 Å². The van der Waals surface area contributed by atoms with Gasteiger partial charge in [0.2, 0.25) is 5.95 Å². The monoisotopic (exact) mass is 335 g/mol. The second kappa shape index (κ2) is 4.92. The third-order valence-electron chi connectivity index (χ3n) is 4.93. The quantitative estimate of drug-likeness (QED) is 0.400. The minimum atomic E-state index is 0.672. The van der Waals surface area contributed by atoms with Crippen molar-refractivity contribution in [2.24, 2.45) is 0 Å². The Morgan fingerprint density at radius 2 is 1.38 bits per heavy atom. The molecule has 0 aliphatic carbocycles. The van der Waals surface area contributed by atoms with E-state index in [2.05, 4.69) is 50.9 Å². The lowest BCUT2D eigenvalue weighted by Crippen LogP contribution is -1.99. The van der Waals surface area contributed by atoms with E-state index in [1.165, 1.54) is 10.8 Å². The Bertz CT molecular complexity index is 1430. The van der Waals surface area contributed by atoms with Crippen molar-refractivity contribution in [3.63, 3.8) is 0 Å². The minimum absolute atomic E-state index is 0.672. The van der Waals surface area contributed by atoms with Gasteiger partial charge in [-0.25, -0.2) is 9.97 Å². The van der Waals surface area contributed by atoms with Gasteiger partial charge >= 0.3 is 0 Å². The molecule has 0 aliphatic heterocycles. The molecule has 0 bridgehead atoms. The van der Waals surface area contributed by atoms with Crippen molar-refractivity contribution in [2.45, 2.75) is 0 Å². The highest BCUT2D eigenvalue weighted by Crippen LogP contribution is 2.40. The normalized spacial score (nSPS) is 11.8. The van der Waals surface area contributed by atoms with Crippen LogP contribution in [0.5, 0.6) is 0 Å². The maximum Gasteiger partial charge on any atom is 0.234 e. The van der Waals surface area contributed by atoms with Crippen molar-refractivity contribution in [1.82, 2.24) is 14.5 Å². The van der Waals surface area contributed by atoms with Crippen LogP contribution < -0.4 is 0 Å². The predicted molar refractivity (Wildman–Crippen MR) is 104 cm³/mol. The van der Waals surface area contributed by atoms with Gasteiger partial charge < -0.3 is 4.42 Å². The zero-order valence-electron chi connectivity index (χ0n) is 13.8. The zero-order valence-corrected chi connectivity index (χ0v) is 13.8. The summed E-state index contributed by atoms with van der Waals surface area (Å²) in [6, 6.07) is 22.5. The molecule has 0 saturated carbocycles. The summed E-state index contributed by atoms with van der Waals surface area (Å²) < 4.78 is 8.20. The largest absolute Gasteiger partial charge is 0.456 e. The molecule has 0 atom stereocenters. The molecule has 0 spiro atoms. The summed E-state index contributed by atoms with van der Waals surface area (Å²) in [5, 5.41) is 4.62. The Hall–Kier alpha value is -3.66. The first-order valence-corrected chi connectivity index (χ1v) is 8.52. The van der Waals surface area contributed by atoms with Gasteiger partial charge in [0.25, 0.3) is 0 Å². The lowest BCUT2D eigenvalue weighted by atomic mass is 10.1. The lowest BCUT2D eigenvalue weighted by Gasteiger charge is -2.04. The molecule has 4 nitrogen and oxygen atoms in total. The summed E-state index contributed by atoms with van der Waals surface area (Å²) in [5.74, 6) is 0.672. The van der Waals surface area contributed by atoms with Crippen LogP contribution in [-0.2, 0) is 0 Å². The molecule has 0 radical (unpaired) electrons. The summed E-state index contributed by atoms with van der Waals surface area (Å²) in [5.41, 5.74) is 3.97. The van der Waals surface area contributed by atoms with Crippen LogP contribution in [0.1, 0.15) is 0 Å². The molecule has 3 heterocycles. The Kier molecular flexibility index (Phi) is 2.58. The molecule has 3 aromatic heterocycles. The average Bonchev–Trinajstić information content (AvgIpc) is 3.24. The molecule has 6 rings (SSSR count). The highest BCUT2D eigenvalue weighted by molar-refractivity contribution is 6.27. The van der Waals surface area contributed by atoms with Crippen molar-refractivity contribution in [3.05, 3.63) is 79.1 Å². The van der Waals surface area contributed by atoms with Gasteiger partial charge in [0.1, 0.15) is 11.2 Å². The van der Waals surface area contributed by atoms with E-state index in [0.717, 1.165) is 33.0 Å². The van der Waals surface area contributed by atoms with Crippen LogP contribution in [0.2, 0.25) is 0 Å². The second-order valence-electron chi connectivity index (χ2n) is 6.33. The number of benzene rings is 3. The smallest absolute Gasteiger partial charge is 0.234 e. The highest BCUT2D eigenvalue weighted by Gasteiger charge is 2.18. The van der Waals surface area contributed by atoms with E-state index in [0.29, 0.717) is 5.95 Å². The molecule has 0 N–H and O–H groups in total. The summed E-state index contributed by atoms with van der Waals surface area (Å²) in [6.45, 7) is 0. The molecular formula is C22H13N3O. The van der Waals surface area contributed by atoms with Crippen molar-refractivity contribution >= 4 is 43.7 Å². The molecule has 0 amide bonds. The number of rotatable bonds is 1. The summed E-state index contributed by atoms with van der Waals surface area (Å²) in [7, 11) is 0. The van der Waals surface area contributed by atoms with E-state index in [1.54, 1.807) is 12.4 Å². The number of hydrogen-bond donors (Lipinski definition) is 0. The van der Waals surface area contributed by atoms with E-state index in [4.69, 9.17) is 4.42 Å².